The van der Waals surface area contributed by atoms with E-state index < -0.39 is 0 Å². The Hall–Kier alpha value is -1.57. The van der Waals surface area contributed by atoms with Gasteiger partial charge in [0, 0.05) is 5.92 Å². The first kappa shape index (κ1) is 13.4. The standard InChI is InChI=1S/C14H12Cl2N4/c15-11-5-4-9(6-12(11)16)8-20-14(10-2-1-3-10)13(7-17)18-19-20/h4-6,10H,1-3,8H2. The smallest absolute Gasteiger partial charge is 0.186 e. The van der Waals surface area contributed by atoms with Crippen molar-refractivity contribution in [1.29, 1.82) is 5.26 Å². The molecule has 1 aromatic carbocycles. The van der Waals surface area contributed by atoms with Crippen LogP contribution in [0.5, 0.6) is 0 Å². The van der Waals surface area contributed by atoms with Crippen molar-refractivity contribution in [3.8, 4) is 6.07 Å². The van der Waals surface area contributed by atoms with Gasteiger partial charge in [-0.2, -0.15) is 5.26 Å². The Balaban J connectivity index is 1.92. The van der Waals surface area contributed by atoms with Gasteiger partial charge in [0.15, 0.2) is 5.69 Å². The third-order valence-corrected chi connectivity index (χ3v) is 4.43. The van der Waals surface area contributed by atoms with Gasteiger partial charge >= 0.3 is 0 Å². The van der Waals surface area contributed by atoms with Crippen molar-refractivity contribution >= 4 is 23.2 Å². The second-order valence-electron chi connectivity index (χ2n) is 4.97. The number of nitrogens with zero attached hydrogens (tertiary/aromatic N) is 4. The summed E-state index contributed by atoms with van der Waals surface area (Å²) in [6, 6.07) is 7.63. The molecule has 1 fully saturated rings. The largest absolute Gasteiger partial charge is 0.243 e. The highest BCUT2D eigenvalue weighted by Crippen LogP contribution is 2.37. The molecule has 0 bridgehead atoms. The fraction of sp³-hybridized carbons (Fsp3) is 0.357. The van der Waals surface area contributed by atoms with E-state index in [1.807, 2.05) is 16.8 Å². The molecule has 0 aliphatic heterocycles. The lowest BCUT2D eigenvalue weighted by Gasteiger charge is -2.25. The van der Waals surface area contributed by atoms with E-state index in [0.717, 1.165) is 24.1 Å². The van der Waals surface area contributed by atoms with E-state index in [4.69, 9.17) is 28.5 Å². The molecule has 0 saturated heterocycles. The Kier molecular flexibility index (Phi) is 3.64. The molecule has 0 radical (unpaired) electrons. The molecule has 0 spiro atoms. The van der Waals surface area contributed by atoms with Crippen LogP contribution < -0.4 is 0 Å². The fourth-order valence-electron chi connectivity index (χ4n) is 2.41. The second-order valence-corrected chi connectivity index (χ2v) is 5.78. The third-order valence-electron chi connectivity index (χ3n) is 3.69. The number of rotatable bonds is 3. The zero-order chi connectivity index (χ0) is 14.1. The molecular weight excluding hydrogens is 295 g/mol. The van der Waals surface area contributed by atoms with E-state index >= 15 is 0 Å². The van der Waals surface area contributed by atoms with Crippen molar-refractivity contribution < 1.29 is 0 Å². The van der Waals surface area contributed by atoms with Crippen LogP contribution in [0.4, 0.5) is 0 Å². The van der Waals surface area contributed by atoms with E-state index in [9.17, 15) is 0 Å². The average Bonchev–Trinajstić information content (AvgIpc) is 2.75. The van der Waals surface area contributed by atoms with Gasteiger partial charge in [-0.3, -0.25) is 0 Å². The fourth-order valence-corrected chi connectivity index (χ4v) is 2.73. The summed E-state index contributed by atoms with van der Waals surface area (Å²) in [4.78, 5) is 0. The number of nitriles is 1. The predicted molar refractivity (Wildman–Crippen MR) is 76.9 cm³/mol. The molecule has 1 aromatic heterocycles. The van der Waals surface area contributed by atoms with Gasteiger partial charge in [-0.15, -0.1) is 5.10 Å². The molecule has 0 N–H and O–H groups in total. The maximum atomic E-state index is 9.14. The minimum absolute atomic E-state index is 0.405. The lowest BCUT2D eigenvalue weighted by Crippen LogP contribution is -2.17. The molecule has 1 aliphatic carbocycles. The molecule has 1 aliphatic rings. The van der Waals surface area contributed by atoms with Crippen LogP contribution in [0.1, 0.15) is 42.1 Å². The van der Waals surface area contributed by atoms with Crippen LogP contribution in [0.15, 0.2) is 18.2 Å². The van der Waals surface area contributed by atoms with Gasteiger partial charge in [0.1, 0.15) is 6.07 Å². The monoisotopic (exact) mass is 306 g/mol. The van der Waals surface area contributed by atoms with Crippen LogP contribution >= 0.6 is 23.2 Å². The van der Waals surface area contributed by atoms with Crippen molar-refractivity contribution in [2.75, 3.05) is 0 Å². The average molecular weight is 307 g/mol. The molecule has 6 heteroatoms. The molecule has 0 atom stereocenters. The van der Waals surface area contributed by atoms with Crippen molar-refractivity contribution in [1.82, 2.24) is 15.0 Å². The van der Waals surface area contributed by atoms with Crippen LogP contribution in [-0.2, 0) is 6.54 Å². The number of benzene rings is 1. The molecule has 20 heavy (non-hydrogen) atoms. The summed E-state index contributed by atoms with van der Waals surface area (Å²) in [5.41, 5.74) is 2.38. The molecule has 2 aromatic rings. The van der Waals surface area contributed by atoms with Crippen molar-refractivity contribution in [3.05, 3.63) is 45.2 Å². The zero-order valence-corrected chi connectivity index (χ0v) is 12.2. The zero-order valence-electron chi connectivity index (χ0n) is 10.7. The van der Waals surface area contributed by atoms with E-state index in [1.165, 1.54) is 6.42 Å². The van der Waals surface area contributed by atoms with Gasteiger partial charge in [0.25, 0.3) is 0 Å². The number of halogens is 2. The van der Waals surface area contributed by atoms with E-state index in [2.05, 4.69) is 16.4 Å². The van der Waals surface area contributed by atoms with Crippen molar-refractivity contribution in [3.63, 3.8) is 0 Å². The Morgan fingerprint density at radius 1 is 1.30 bits per heavy atom. The highest BCUT2D eigenvalue weighted by Gasteiger charge is 2.27. The molecule has 0 unspecified atom stereocenters. The van der Waals surface area contributed by atoms with E-state index in [0.29, 0.717) is 28.2 Å². The highest BCUT2D eigenvalue weighted by atomic mass is 35.5. The molecule has 4 nitrogen and oxygen atoms in total. The Morgan fingerprint density at radius 3 is 2.70 bits per heavy atom. The van der Waals surface area contributed by atoms with Gasteiger partial charge in [-0.05, 0) is 30.5 Å². The maximum Gasteiger partial charge on any atom is 0.186 e. The lowest BCUT2D eigenvalue weighted by atomic mass is 9.82. The topological polar surface area (TPSA) is 54.5 Å². The Bertz CT molecular complexity index is 683. The van der Waals surface area contributed by atoms with Gasteiger partial charge in [0.2, 0.25) is 0 Å². The molecule has 0 amide bonds. The molecular formula is C14H12Cl2N4. The van der Waals surface area contributed by atoms with E-state index in [1.54, 1.807) is 6.07 Å². The van der Waals surface area contributed by atoms with E-state index in [-0.39, 0.29) is 0 Å². The summed E-state index contributed by atoms with van der Waals surface area (Å²) >= 11 is 11.9. The Labute approximate surface area is 126 Å². The maximum absolute atomic E-state index is 9.14. The first-order valence-electron chi connectivity index (χ1n) is 6.46. The van der Waals surface area contributed by atoms with Crippen molar-refractivity contribution in [2.45, 2.75) is 31.7 Å². The van der Waals surface area contributed by atoms with Gasteiger partial charge in [-0.1, -0.05) is 40.9 Å². The molecule has 1 saturated carbocycles. The lowest BCUT2D eigenvalue weighted by molar-refractivity contribution is 0.391. The summed E-state index contributed by atoms with van der Waals surface area (Å²) < 4.78 is 1.81. The Morgan fingerprint density at radius 2 is 2.10 bits per heavy atom. The van der Waals surface area contributed by atoms with Gasteiger partial charge < -0.3 is 0 Å². The summed E-state index contributed by atoms with van der Waals surface area (Å²) in [5.74, 6) is 0.405. The van der Waals surface area contributed by atoms with Crippen LogP contribution in [0.25, 0.3) is 0 Å². The SMILES string of the molecule is N#Cc1nnn(Cc2ccc(Cl)c(Cl)c2)c1C1CCC1. The van der Waals surface area contributed by atoms with Crippen LogP contribution in [0.3, 0.4) is 0 Å². The molecule has 3 rings (SSSR count). The summed E-state index contributed by atoms with van der Waals surface area (Å²) in [6.07, 6.45) is 3.40. The first-order valence-corrected chi connectivity index (χ1v) is 7.22. The van der Waals surface area contributed by atoms with Crippen LogP contribution in [0, 0.1) is 11.3 Å². The van der Waals surface area contributed by atoms with Crippen LogP contribution in [-0.4, -0.2) is 15.0 Å². The molecule has 1 heterocycles. The van der Waals surface area contributed by atoms with Crippen LogP contribution in [0.2, 0.25) is 10.0 Å². The second kappa shape index (κ2) is 5.43. The minimum Gasteiger partial charge on any atom is -0.243 e. The summed E-state index contributed by atoms with van der Waals surface area (Å²) in [7, 11) is 0. The normalized spacial score (nSPS) is 14.8. The molecule has 102 valence electrons. The predicted octanol–water partition coefficient (Wildman–Crippen LogP) is 3.77. The van der Waals surface area contributed by atoms with Crippen molar-refractivity contribution in [2.24, 2.45) is 0 Å². The first-order chi connectivity index (χ1) is 9.69. The summed E-state index contributed by atoms with van der Waals surface area (Å²) in [6.45, 7) is 0.553. The highest BCUT2D eigenvalue weighted by molar-refractivity contribution is 6.42. The minimum atomic E-state index is 0.405. The number of aromatic nitrogens is 3. The van der Waals surface area contributed by atoms with Gasteiger partial charge in [-0.25, -0.2) is 4.68 Å². The third kappa shape index (κ3) is 2.39. The van der Waals surface area contributed by atoms with Gasteiger partial charge in [0.05, 0.1) is 22.3 Å². The quantitative estimate of drug-likeness (QED) is 0.867. The summed E-state index contributed by atoms with van der Waals surface area (Å²) in [5, 5.41) is 18.3. The number of hydrogen-bond acceptors (Lipinski definition) is 3. The number of hydrogen-bond donors (Lipinski definition) is 0.